The summed E-state index contributed by atoms with van der Waals surface area (Å²) < 4.78 is 5.55. The van der Waals surface area contributed by atoms with Crippen LogP contribution in [0.25, 0.3) is 0 Å². The Bertz CT molecular complexity index is 1450. The summed E-state index contributed by atoms with van der Waals surface area (Å²) in [6.07, 6.45) is 4.96. The minimum atomic E-state index is -1.19. The number of nitrogens with zero attached hydrogens (tertiary/aromatic N) is 5. The van der Waals surface area contributed by atoms with Gasteiger partial charge in [0.05, 0.1) is 0 Å². The highest BCUT2D eigenvalue weighted by atomic mass is 16.6. The molecule has 0 spiro atoms. The first kappa shape index (κ1) is 31.0. The minimum Gasteiger partial charge on any atom is -0.480 e. The van der Waals surface area contributed by atoms with Gasteiger partial charge in [-0.25, -0.2) is 24.5 Å². The molecule has 11 nitrogen and oxygen atoms in total. The molecular formula is C33H43N7O4. The van der Waals surface area contributed by atoms with Crippen LogP contribution in [-0.2, 0) is 22.6 Å². The van der Waals surface area contributed by atoms with Crippen LogP contribution in [0.5, 0.6) is 0 Å². The molecule has 1 aromatic carbocycles. The highest BCUT2D eigenvalue weighted by Gasteiger charge is 2.39. The topological polar surface area (TPSA) is 133 Å². The van der Waals surface area contributed by atoms with Gasteiger partial charge in [-0.1, -0.05) is 36.4 Å². The zero-order chi connectivity index (χ0) is 31.3. The summed E-state index contributed by atoms with van der Waals surface area (Å²) >= 11 is 0. The third-order valence-electron chi connectivity index (χ3n) is 8.37. The average molecular weight is 602 g/mol. The molecule has 234 valence electrons. The predicted molar refractivity (Wildman–Crippen MR) is 170 cm³/mol. The van der Waals surface area contributed by atoms with Crippen molar-refractivity contribution in [2.24, 2.45) is 0 Å². The largest absolute Gasteiger partial charge is 0.480 e. The van der Waals surface area contributed by atoms with Gasteiger partial charge in [0.2, 0.25) is 0 Å². The van der Waals surface area contributed by atoms with Gasteiger partial charge in [0.1, 0.15) is 30.4 Å². The van der Waals surface area contributed by atoms with Crippen LogP contribution in [0, 0.1) is 6.92 Å². The summed E-state index contributed by atoms with van der Waals surface area (Å²) in [5.74, 6) is 1.65. The van der Waals surface area contributed by atoms with Crippen LogP contribution in [0.4, 0.5) is 22.2 Å². The second-order valence-electron chi connectivity index (χ2n) is 12.5. The molecule has 0 unspecified atom stereocenters. The van der Waals surface area contributed by atoms with E-state index >= 15 is 0 Å². The van der Waals surface area contributed by atoms with E-state index in [-0.39, 0.29) is 13.2 Å². The predicted octanol–water partition coefficient (Wildman–Crippen LogP) is 5.22. The number of amides is 1. The van der Waals surface area contributed by atoms with Gasteiger partial charge in [-0.2, -0.15) is 0 Å². The Morgan fingerprint density at radius 2 is 1.89 bits per heavy atom. The second kappa shape index (κ2) is 13.5. The highest BCUT2D eigenvalue weighted by Crippen LogP contribution is 2.33. The number of fused-ring (bicyclic) bond motifs is 1. The van der Waals surface area contributed by atoms with E-state index in [1.165, 1.54) is 16.8 Å². The maximum absolute atomic E-state index is 13.2. The van der Waals surface area contributed by atoms with E-state index in [4.69, 9.17) is 9.72 Å². The van der Waals surface area contributed by atoms with E-state index in [1.54, 1.807) is 20.8 Å². The van der Waals surface area contributed by atoms with Crippen LogP contribution in [0.3, 0.4) is 0 Å². The number of benzene rings is 1. The van der Waals surface area contributed by atoms with Crippen molar-refractivity contribution < 1.29 is 19.4 Å². The number of anilines is 3. The molecule has 5 rings (SSSR count). The van der Waals surface area contributed by atoms with Crippen LogP contribution < -0.4 is 15.5 Å². The lowest BCUT2D eigenvalue weighted by atomic mass is 9.92. The standard InChI is InChI=1S/C33H43N7O4/c1-22-28(35-19-27(31(41)42)40(33(2,3)4)32(43)44-20-23-9-6-5-7-10-23)36-21-37-30(22)39-17-14-24(15-18-39)26-13-12-25-11-8-16-34-29(25)38-26/h5-7,9-10,12-13,21,24,27H,8,11,14-20H2,1-4H3,(H,34,38)(H,41,42)(H,35,36,37)/t27-/m0/s1. The Morgan fingerprint density at radius 1 is 1.14 bits per heavy atom. The first-order chi connectivity index (χ1) is 21.1. The Kier molecular flexibility index (Phi) is 9.51. The molecule has 44 heavy (non-hydrogen) atoms. The van der Waals surface area contributed by atoms with Crippen molar-refractivity contribution in [2.75, 3.05) is 41.7 Å². The number of carboxylic acid groups (broad SMARTS) is 1. The first-order valence-electron chi connectivity index (χ1n) is 15.4. The zero-order valence-corrected chi connectivity index (χ0v) is 26.0. The zero-order valence-electron chi connectivity index (χ0n) is 26.0. The van der Waals surface area contributed by atoms with Gasteiger partial charge in [0, 0.05) is 48.9 Å². The Balaban J connectivity index is 1.24. The first-order valence-corrected chi connectivity index (χ1v) is 15.4. The number of hydrogen-bond acceptors (Lipinski definition) is 9. The van der Waals surface area contributed by atoms with Crippen molar-refractivity contribution in [3.8, 4) is 0 Å². The van der Waals surface area contributed by atoms with Crippen molar-refractivity contribution in [1.29, 1.82) is 0 Å². The maximum Gasteiger partial charge on any atom is 0.411 e. The Morgan fingerprint density at radius 3 is 2.59 bits per heavy atom. The molecular weight excluding hydrogens is 558 g/mol. The molecule has 11 heteroatoms. The molecule has 2 aliphatic rings. The lowest BCUT2D eigenvalue weighted by molar-refractivity contribution is -0.144. The van der Waals surface area contributed by atoms with Gasteiger partial charge in [-0.15, -0.1) is 0 Å². The van der Waals surface area contributed by atoms with Crippen molar-refractivity contribution in [3.05, 3.63) is 71.2 Å². The summed E-state index contributed by atoms with van der Waals surface area (Å²) in [6, 6.07) is 12.5. The number of aliphatic carboxylic acids is 1. The molecule has 0 radical (unpaired) electrons. The normalized spacial score (nSPS) is 16.0. The molecule has 0 saturated carbocycles. The molecule has 2 aliphatic heterocycles. The van der Waals surface area contributed by atoms with Crippen molar-refractivity contribution in [3.63, 3.8) is 0 Å². The van der Waals surface area contributed by atoms with Gasteiger partial charge in [-0.05, 0) is 70.6 Å². The van der Waals surface area contributed by atoms with E-state index in [0.717, 1.165) is 73.8 Å². The number of carboxylic acids is 1. The summed E-state index contributed by atoms with van der Waals surface area (Å²) in [4.78, 5) is 43.2. The van der Waals surface area contributed by atoms with E-state index in [2.05, 4.69) is 37.6 Å². The van der Waals surface area contributed by atoms with Crippen molar-refractivity contribution in [1.82, 2.24) is 19.9 Å². The van der Waals surface area contributed by atoms with Gasteiger partial charge >= 0.3 is 12.1 Å². The lowest BCUT2D eigenvalue weighted by Gasteiger charge is -2.39. The van der Waals surface area contributed by atoms with E-state index in [1.807, 2.05) is 37.3 Å². The summed E-state index contributed by atoms with van der Waals surface area (Å²) in [5, 5.41) is 16.8. The van der Waals surface area contributed by atoms with Gasteiger partial charge < -0.3 is 25.4 Å². The van der Waals surface area contributed by atoms with Gasteiger partial charge in [-0.3, -0.25) is 4.90 Å². The molecule has 0 aliphatic carbocycles. The Hall–Kier alpha value is -4.41. The molecule has 2 aromatic heterocycles. The van der Waals surface area contributed by atoms with Crippen LogP contribution in [0.15, 0.2) is 48.8 Å². The average Bonchev–Trinajstić information content (AvgIpc) is 3.02. The molecule has 4 heterocycles. The fourth-order valence-corrected chi connectivity index (χ4v) is 6.04. The number of rotatable bonds is 9. The summed E-state index contributed by atoms with van der Waals surface area (Å²) in [6.45, 7) is 9.95. The number of hydrogen-bond donors (Lipinski definition) is 3. The van der Waals surface area contributed by atoms with E-state index in [9.17, 15) is 14.7 Å². The maximum atomic E-state index is 13.2. The monoisotopic (exact) mass is 601 g/mol. The van der Waals surface area contributed by atoms with Gasteiger partial charge in [0.25, 0.3) is 0 Å². The van der Waals surface area contributed by atoms with Crippen LogP contribution >= 0.6 is 0 Å². The van der Waals surface area contributed by atoms with Gasteiger partial charge in [0.15, 0.2) is 6.04 Å². The molecule has 1 atom stereocenters. The second-order valence-corrected chi connectivity index (χ2v) is 12.5. The summed E-state index contributed by atoms with van der Waals surface area (Å²) in [5.41, 5.74) is 3.29. The molecule has 1 amide bonds. The molecule has 3 N–H and O–H groups in total. The van der Waals surface area contributed by atoms with E-state index in [0.29, 0.717) is 11.7 Å². The number of nitrogens with one attached hydrogen (secondary N) is 2. The molecule has 0 bridgehead atoms. The quantitative estimate of drug-likeness (QED) is 0.300. The van der Waals surface area contributed by atoms with Crippen LogP contribution in [0.1, 0.15) is 68.3 Å². The third-order valence-corrected chi connectivity index (χ3v) is 8.37. The SMILES string of the molecule is Cc1c(NC[C@@H](C(=O)O)N(C(=O)OCc2ccccc2)C(C)(C)C)ncnc1N1CCC(c2ccc3c(n2)NCCC3)CC1. The number of ether oxygens (including phenoxy) is 1. The molecule has 3 aromatic rings. The fraction of sp³-hybridized carbons (Fsp3) is 0.485. The number of carbonyl (C=O) groups is 2. The van der Waals surface area contributed by atoms with Crippen LogP contribution in [0.2, 0.25) is 0 Å². The fourth-order valence-electron chi connectivity index (χ4n) is 6.04. The minimum absolute atomic E-state index is 0.0511. The molecule has 1 saturated heterocycles. The highest BCUT2D eigenvalue weighted by molar-refractivity contribution is 5.81. The third kappa shape index (κ3) is 7.20. The van der Waals surface area contributed by atoms with Crippen molar-refractivity contribution >= 4 is 29.5 Å². The number of piperidine rings is 1. The number of aryl methyl sites for hydroxylation is 1. The van der Waals surface area contributed by atoms with E-state index < -0.39 is 23.6 Å². The smallest absolute Gasteiger partial charge is 0.411 e. The van der Waals surface area contributed by atoms with Crippen molar-refractivity contribution in [2.45, 2.75) is 77.5 Å². The molecule has 1 fully saturated rings. The number of aromatic nitrogens is 3. The number of pyridine rings is 1. The summed E-state index contributed by atoms with van der Waals surface area (Å²) in [7, 11) is 0. The lowest BCUT2D eigenvalue weighted by Crippen LogP contribution is -2.57. The van der Waals surface area contributed by atoms with Crippen LogP contribution in [-0.4, -0.2) is 74.8 Å². The number of carbonyl (C=O) groups excluding carboxylic acids is 1. The Labute approximate surface area is 259 Å².